The zero-order valence-electron chi connectivity index (χ0n) is 7.70. The van der Waals surface area contributed by atoms with E-state index in [0.29, 0.717) is 22.6 Å². The monoisotopic (exact) mass is 197 g/mol. The number of methoxy groups -OCH3 is 2. The van der Waals surface area contributed by atoms with Crippen molar-refractivity contribution in [2.45, 2.75) is 0 Å². The van der Waals surface area contributed by atoms with Gasteiger partial charge in [-0.2, -0.15) is 4.98 Å². The van der Waals surface area contributed by atoms with Crippen LogP contribution >= 0.6 is 0 Å². The maximum Gasteiger partial charge on any atom is 0.382 e. The third-order valence-electron chi connectivity index (χ3n) is 1.87. The summed E-state index contributed by atoms with van der Waals surface area (Å²) in [6, 6.07) is 3.09. The molecule has 5 heteroatoms. The molecule has 0 saturated heterocycles. The highest BCUT2D eigenvalue weighted by Gasteiger charge is 2.11. The van der Waals surface area contributed by atoms with Crippen molar-refractivity contribution in [2.24, 2.45) is 0 Å². The molecule has 0 aliphatic heterocycles. The Kier molecular flexibility index (Phi) is 1.99. The second-order valence-corrected chi connectivity index (χ2v) is 2.64. The summed E-state index contributed by atoms with van der Waals surface area (Å²) in [7, 11) is 3.00. The van der Waals surface area contributed by atoms with Crippen molar-refractivity contribution >= 4 is 11.1 Å². The van der Waals surface area contributed by atoms with Crippen LogP contribution in [0, 0.1) is 6.14 Å². The Hall–Kier alpha value is -1.78. The highest BCUT2D eigenvalue weighted by atomic mass is 19.1. The summed E-state index contributed by atoms with van der Waals surface area (Å²) in [6.45, 7) is 0. The Balaban J connectivity index is 2.68. The van der Waals surface area contributed by atoms with Gasteiger partial charge in [-0.3, -0.25) is 0 Å². The van der Waals surface area contributed by atoms with E-state index >= 15 is 0 Å². The van der Waals surface area contributed by atoms with Crippen LogP contribution in [-0.2, 0) is 0 Å². The Bertz CT molecular complexity index is 425. The molecular formula is C9H8FNO3. The van der Waals surface area contributed by atoms with Gasteiger partial charge in [0.05, 0.1) is 14.2 Å². The molecule has 14 heavy (non-hydrogen) atoms. The molecule has 0 bridgehead atoms. The average molecular weight is 197 g/mol. The molecule has 0 aliphatic carbocycles. The predicted octanol–water partition coefficient (Wildman–Crippen LogP) is 1.98. The van der Waals surface area contributed by atoms with E-state index in [4.69, 9.17) is 13.9 Å². The SMILES string of the molecule is COc1cc2nc(F)oc2cc1OC. The van der Waals surface area contributed by atoms with Gasteiger partial charge >= 0.3 is 6.14 Å². The number of aromatic nitrogens is 1. The summed E-state index contributed by atoms with van der Waals surface area (Å²) < 4.78 is 27.4. The summed E-state index contributed by atoms with van der Waals surface area (Å²) in [5, 5.41) is 0. The minimum absolute atomic E-state index is 0.333. The molecule has 0 aliphatic rings. The topological polar surface area (TPSA) is 44.5 Å². The number of nitrogens with zero attached hydrogens (tertiary/aromatic N) is 1. The van der Waals surface area contributed by atoms with Crippen molar-refractivity contribution in [3.8, 4) is 11.5 Å². The second-order valence-electron chi connectivity index (χ2n) is 2.64. The molecule has 1 heterocycles. The number of fused-ring (bicyclic) bond motifs is 1. The molecule has 74 valence electrons. The van der Waals surface area contributed by atoms with E-state index in [0.717, 1.165) is 0 Å². The largest absolute Gasteiger partial charge is 0.493 e. The lowest BCUT2D eigenvalue weighted by atomic mass is 10.3. The zero-order valence-corrected chi connectivity index (χ0v) is 7.70. The van der Waals surface area contributed by atoms with E-state index in [1.54, 1.807) is 6.07 Å². The van der Waals surface area contributed by atoms with Gasteiger partial charge in [0.2, 0.25) is 0 Å². The first-order chi connectivity index (χ1) is 6.74. The fourth-order valence-corrected chi connectivity index (χ4v) is 1.23. The van der Waals surface area contributed by atoms with Crippen molar-refractivity contribution in [1.29, 1.82) is 0 Å². The fraction of sp³-hybridized carbons (Fsp3) is 0.222. The number of hydrogen-bond donors (Lipinski definition) is 0. The van der Waals surface area contributed by atoms with Crippen LogP contribution in [0.15, 0.2) is 16.5 Å². The number of halogens is 1. The second kappa shape index (κ2) is 3.17. The smallest absolute Gasteiger partial charge is 0.382 e. The van der Waals surface area contributed by atoms with Gasteiger partial charge in [0, 0.05) is 12.1 Å². The standard InChI is InChI=1S/C9H8FNO3/c1-12-7-3-5-6(4-8(7)13-2)14-9(10)11-5/h3-4H,1-2H3. The summed E-state index contributed by atoms with van der Waals surface area (Å²) in [5.41, 5.74) is 0.736. The summed E-state index contributed by atoms with van der Waals surface area (Å²) >= 11 is 0. The van der Waals surface area contributed by atoms with E-state index < -0.39 is 6.14 Å². The first-order valence-electron chi connectivity index (χ1n) is 3.92. The number of oxazole rings is 1. The van der Waals surface area contributed by atoms with Gasteiger partial charge in [-0.1, -0.05) is 0 Å². The quantitative estimate of drug-likeness (QED) is 0.738. The maximum atomic E-state index is 12.6. The third-order valence-corrected chi connectivity index (χ3v) is 1.87. The first-order valence-corrected chi connectivity index (χ1v) is 3.92. The fourth-order valence-electron chi connectivity index (χ4n) is 1.23. The molecule has 0 amide bonds. The Morgan fingerprint density at radius 1 is 1.21 bits per heavy atom. The Morgan fingerprint density at radius 3 is 2.50 bits per heavy atom. The predicted molar refractivity (Wildman–Crippen MR) is 47.1 cm³/mol. The first kappa shape index (κ1) is 8.80. The lowest BCUT2D eigenvalue weighted by Crippen LogP contribution is -1.89. The zero-order chi connectivity index (χ0) is 10.1. The third kappa shape index (κ3) is 1.26. The van der Waals surface area contributed by atoms with Gasteiger partial charge in [-0.15, -0.1) is 4.39 Å². The van der Waals surface area contributed by atoms with E-state index in [1.165, 1.54) is 20.3 Å². The Labute approximate surface area is 79.2 Å². The van der Waals surface area contributed by atoms with Gasteiger partial charge in [-0.05, 0) is 0 Å². The van der Waals surface area contributed by atoms with Crippen molar-refractivity contribution in [3.05, 3.63) is 18.3 Å². The van der Waals surface area contributed by atoms with Gasteiger partial charge < -0.3 is 13.9 Å². The molecule has 0 fully saturated rings. The van der Waals surface area contributed by atoms with Gasteiger partial charge in [-0.25, -0.2) is 0 Å². The van der Waals surface area contributed by atoms with Crippen molar-refractivity contribution < 1.29 is 18.3 Å². The minimum atomic E-state index is -0.865. The Morgan fingerprint density at radius 2 is 1.86 bits per heavy atom. The molecule has 0 unspecified atom stereocenters. The van der Waals surface area contributed by atoms with Crippen LogP contribution in [0.25, 0.3) is 11.1 Å². The summed E-state index contributed by atoms with van der Waals surface area (Å²) in [6.07, 6.45) is -0.865. The van der Waals surface area contributed by atoms with Crippen molar-refractivity contribution in [1.82, 2.24) is 4.98 Å². The van der Waals surface area contributed by atoms with E-state index in [1.807, 2.05) is 0 Å². The van der Waals surface area contributed by atoms with Crippen molar-refractivity contribution in [3.63, 3.8) is 0 Å². The molecule has 0 saturated carbocycles. The molecular weight excluding hydrogens is 189 g/mol. The highest BCUT2D eigenvalue weighted by Crippen LogP contribution is 2.31. The lowest BCUT2D eigenvalue weighted by Gasteiger charge is -2.05. The van der Waals surface area contributed by atoms with Crippen LogP contribution < -0.4 is 9.47 Å². The number of hydrogen-bond acceptors (Lipinski definition) is 4. The van der Waals surface area contributed by atoms with Crippen LogP contribution in [-0.4, -0.2) is 19.2 Å². The molecule has 4 nitrogen and oxygen atoms in total. The molecule has 0 atom stereocenters. The maximum absolute atomic E-state index is 12.6. The van der Waals surface area contributed by atoms with Crippen LogP contribution in [0.5, 0.6) is 11.5 Å². The molecule has 0 radical (unpaired) electrons. The normalized spacial score (nSPS) is 10.5. The number of ether oxygens (including phenoxy) is 2. The van der Waals surface area contributed by atoms with E-state index in [2.05, 4.69) is 4.98 Å². The molecule has 2 rings (SSSR count). The van der Waals surface area contributed by atoms with Crippen LogP contribution in [0.3, 0.4) is 0 Å². The van der Waals surface area contributed by atoms with Crippen LogP contribution in [0.1, 0.15) is 0 Å². The summed E-state index contributed by atoms with van der Waals surface area (Å²) in [5.74, 6) is 0.976. The molecule has 0 N–H and O–H groups in total. The molecule has 1 aromatic heterocycles. The average Bonchev–Trinajstić information content (AvgIpc) is 2.54. The lowest BCUT2D eigenvalue weighted by molar-refractivity contribution is 0.348. The van der Waals surface area contributed by atoms with E-state index in [-0.39, 0.29) is 0 Å². The number of benzene rings is 1. The van der Waals surface area contributed by atoms with Gasteiger partial charge in [0.25, 0.3) is 0 Å². The molecule has 2 aromatic rings. The van der Waals surface area contributed by atoms with Crippen LogP contribution in [0.4, 0.5) is 4.39 Å². The van der Waals surface area contributed by atoms with Gasteiger partial charge in [0.15, 0.2) is 17.1 Å². The molecule has 0 spiro atoms. The van der Waals surface area contributed by atoms with Crippen LogP contribution in [0.2, 0.25) is 0 Å². The van der Waals surface area contributed by atoms with Gasteiger partial charge in [0.1, 0.15) is 5.52 Å². The summed E-state index contributed by atoms with van der Waals surface area (Å²) in [4.78, 5) is 3.53. The minimum Gasteiger partial charge on any atom is -0.493 e. The van der Waals surface area contributed by atoms with Crippen molar-refractivity contribution in [2.75, 3.05) is 14.2 Å². The van der Waals surface area contributed by atoms with E-state index in [9.17, 15) is 4.39 Å². The highest BCUT2D eigenvalue weighted by molar-refractivity contribution is 5.77. The number of rotatable bonds is 2. The molecule has 1 aromatic carbocycles.